The Bertz CT molecular complexity index is 438. The maximum Gasteiger partial charge on any atom is 0.214 e. The molecule has 0 spiro atoms. The van der Waals surface area contributed by atoms with Gasteiger partial charge in [-0.05, 0) is 24.3 Å². The van der Waals surface area contributed by atoms with Gasteiger partial charge in [-0.25, -0.2) is 0 Å². The van der Waals surface area contributed by atoms with E-state index >= 15 is 0 Å². The molecule has 1 rings (SSSR count). The van der Waals surface area contributed by atoms with Gasteiger partial charge in [-0.2, -0.15) is 0 Å². The monoisotopic (exact) mass is 281 g/mol. The second-order valence-corrected chi connectivity index (χ2v) is 6.24. The van der Waals surface area contributed by atoms with Crippen LogP contribution in [0.2, 0.25) is 0 Å². The Morgan fingerprint density at radius 2 is 1.32 bits per heavy atom. The lowest BCUT2D eigenvalue weighted by Gasteiger charge is -2.30. The topological polar surface area (TPSA) is 60.9 Å². The van der Waals surface area contributed by atoms with Crippen LogP contribution in [0.25, 0.3) is 0 Å². The number of amides is 3. The molecule has 0 radical (unpaired) electrons. The zero-order valence-corrected chi connectivity index (χ0v) is 11.9. The summed E-state index contributed by atoms with van der Waals surface area (Å²) in [5.41, 5.74) is 0.746. The van der Waals surface area contributed by atoms with E-state index < -0.39 is 8.22 Å². The van der Waals surface area contributed by atoms with Crippen LogP contribution in [0.1, 0.15) is 0 Å². The van der Waals surface area contributed by atoms with E-state index in [9.17, 15) is 14.4 Å². The van der Waals surface area contributed by atoms with E-state index in [1.165, 1.54) is 14.2 Å². The second kappa shape index (κ2) is 6.85. The Balaban J connectivity index is 3.06. The number of anilines is 1. The fraction of sp³-hybridized carbons (Fsp3) is 0.250. The van der Waals surface area contributed by atoms with Gasteiger partial charge in [-0.3, -0.25) is 14.4 Å². The molecule has 0 heterocycles. The van der Waals surface area contributed by atoms with Gasteiger partial charge in [0.1, 0.15) is 8.22 Å². The summed E-state index contributed by atoms with van der Waals surface area (Å²) in [6, 6.07) is 7.16. The molecule has 0 atom stereocenters. The molecular weight excluding hydrogens is 265 g/mol. The number of carbonyl (C=O) groups is 3. The molecule has 0 aliphatic rings. The highest BCUT2D eigenvalue weighted by Crippen LogP contribution is 2.39. The van der Waals surface area contributed by atoms with Gasteiger partial charge < -0.3 is 14.2 Å². The number of hydrogen-bond acceptors (Lipinski definition) is 3. The lowest BCUT2D eigenvalue weighted by Crippen LogP contribution is -2.28. The molecule has 7 heteroatoms. The van der Waals surface area contributed by atoms with E-state index in [2.05, 4.69) is 0 Å². The predicted octanol–water partition coefficient (Wildman–Crippen LogP) is 0.393. The zero-order chi connectivity index (χ0) is 14.4. The number of hydrogen-bond donors (Lipinski definition) is 0. The van der Waals surface area contributed by atoms with Crippen molar-refractivity contribution >= 4 is 38.4 Å². The molecule has 0 unspecified atom stereocenters. The van der Waals surface area contributed by atoms with Crippen LogP contribution in [0, 0.1) is 0 Å². The van der Waals surface area contributed by atoms with E-state index in [0.29, 0.717) is 19.2 Å². The quantitative estimate of drug-likeness (QED) is 0.536. The third-order valence-corrected chi connectivity index (χ3v) is 4.69. The fourth-order valence-corrected chi connectivity index (χ4v) is 3.33. The van der Waals surface area contributed by atoms with Crippen LogP contribution in [-0.2, 0) is 14.4 Å². The zero-order valence-electron chi connectivity index (χ0n) is 11.1. The van der Waals surface area contributed by atoms with E-state index in [-0.39, 0.29) is 0 Å². The van der Waals surface area contributed by atoms with Gasteiger partial charge in [0.05, 0.1) is 0 Å². The highest BCUT2D eigenvalue weighted by molar-refractivity contribution is 7.62. The van der Waals surface area contributed by atoms with Gasteiger partial charge >= 0.3 is 0 Å². The normalized spacial score (nSPS) is 9.89. The van der Waals surface area contributed by atoms with Crippen molar-refractivity contribution in [3.05, 3.63) is 24.3 Å². The van der Waals surface area contributed by atoms with Gasteiger partial charge in [0.2, 0.25) is 19.2 Å². The highest BCUT2D eigenvalue weighted by Gasteiger charge is 2.20. The smallest absolute Gasteiger partial charge is 0.214 e. The maximum absolute atomic E-state index is 10.9. The molecule has 0 N–H and O–H groups in total. The summed E-state index contributed by atoms with van der Waals surface area (Å²) in [4.78, 5) is 33.9. The Labute approximate surface area is 113 Å². The molecule has 0 bridgehead atoms. The molecule has 1 aromatic rings. The van der Waals surface area contributed by atoms with Crippen LogP contribution in [0.15, 0.2) is 24.3 Å². The Hall–Kier alpha value is -1.94. The third kappa shape index (κ3) is 3.51. The summed E-state index contributed by atoms with van der Waals surface area (Å²) in [6.45, 7) is 0. The van der Waals surface area contributed by atoms with E-state index in [4.69, 9.17) is 0 Å². The van der Waals surface area contributed by atoms with Gasteiger partial charge in [0, 0.05) is 32.1 Å². The van der Waals surface area contributed by atoms with Crippen LogP contribution in [0.4, 0.5) is 5.69 Å². The number of benzene rings is 1. The predicted molar refractivity (Wildman–Crippen MR) is 75.1 cm³/mol. The summed E-state index contributed by atoms with van der Waals surface area (Å²) in [7, 11) is 3.72. The molecule has 0 aliphatic heterocycles. The molecule has 0 saturated carbocycles. The molecule has 0 fully saturated rings. The average Bonchev–Trinajstić information content (AvgIpc) is 2.46. The molecule has 0 aromatic heterocycles. The van der Waals surface area contributed by atoms with Crippen molar-refractivity contribution in [1.29, 1.82) is 0 Å². The van der Waals surface area contributed by atoms with Crippen molar-refractivity contribution in [1.82, 2.24) is 9.34 Å². The molecule has 19 heavy (non-hydrogen) atoms. The molecule has 1 aromatic carbocycles. The minimum atomic E-state index is -1.19. The first kappa shape index (κ1) is 15.1. The maximum atomic E-state index is 10.9. The van der Waals surface area contributed by atoms with Crippen molar-refractivity contribution in [3.63, 3.8) is 0 Å². The summed E-state index contributed by atoms with van der Waals surface area (Å²) < 4.78 is 2.92. The van der Waals surface area contributed by atoms with E-state index in [1.54, 1.807) is 45.4 Å². The lowest BCUT2D eigenvalue weighted by molar-refractivity contribution is -0.114. The molecule has 3 amide bonds. The van der Waals surface area contributed by atoms with Crippen molar-refractivity contribution < 1.29 is 14.4 Å². The second-order valence-electron chi connectivity index (χ2n) is 3.88. The first-order valence-corrected chi connectivity index (χ1v) is 6.74. The van der Waals surface area contributed by atoms with Crippen LogP contribution in [0.3, 0.4) is 0 Å². The minimum absolute atomic E-state index is 0.692. The number of rotatable bonds is 7. The Morgan fingerprint density at radius 3 is 1.68 bits per heavy atom. The van der Waals surface area contributed by atoms with Crippen LogP contribution in [-0.4, -0.2) is 49.7 Å². The van der Waals surface area contributed by atoms with Crippen molar-refractivity contribution in [2.75, 3.05) is 26.0 Å². The average molecular weight is 281 g/mol. The van der Waals surface area contributed by atoms with E-state index in [0.717, 1.165) is 11.0 Å². The van der Waals surface area contributed by atoms with Crippen molar-refractivity contribution in [2.24, 2.45) is 0 Å². The summed E-state index contributed by atoms with van der Waals surface area (Å²) >= 11 is 0. The van der Waals surface area contributed by atoms with Crippen LogP contribution in [0.5, 0.6) is 0 Å². The number of carbonyl (C=O) groups excluding carboxylic acids is 3. The number of nitrogens with zero attached hydrogens (tertiary/aromatic N) is 3. The standard InChI is InChI=1S/C12H16N3O3P/c1-13(8-16)11-4-6-12(7-5-11)19(14(2)9-17)15(3)10-18/h4-10H,1-3H3. The first-order valence-electron chi connectivity index (χ1n) is 5.49. The molecule has 6 nitrogen and oxygen atoms in total. The van der Waals surface area contributed by atoms with Gasteiger partial charge in [-0.15, -0.1) is 0 Å². The van der Waals surface area contributed by atoms with Crippen molar-refractivity contribution in [2.45, 2.75) is 0 Å². The third-order valence-electron chi connectivity index (χ3n) is 2.55. The SMILES string of the molecule is CN(C=O)c1ccc(P(N(C)C=O)N(C)C=O)cc1. The summed E-state index contributed by atoms with van der Waals surface area (Å²) in [5.74, 6) is 0. The molecule has 0 aliphatic carbocycles. The Kier molecular flexibility index (Phi) is 5.45. The van der Waals surface area contributed by atoms with Crippen molar-refractivity contribution in [3.8, 4) is 0 Å². The highest BCUT2D eigenvalue weighted by atomic mass is 31.1. The summed E-state index contributed by atoms with van der Waals surface area (Å²) in [5, 5.41) is 0.849. The molecule has 0 saturated heterocycles. The molecular formula is C12H16N3O3P. The van der Waals surface area contributed by atoms with E-state index in [1.807, 2.05) is 0 Å². The van der Waals surface area contributed by atoms with Crippen LogP contribution >= 0.6 is 8.22 Å². The van der Waals surface area contributed by atoms with Gasteiger partial charge in [0.25, 0.3) is 0 Å². The largest absolute Gasteiger partial charge is 0.318 e. The lowest BCUT2D eigenvalue weighted by atomic mass is 10.3. The Morgan fingerprint density at radius 1 is 0.842 bits per heavy atom. The first-order chi connectivity index (χ1) is 9.04. The fourth-order valence-electron chi connectivity index (χ4n) is 1.56. The van der Waals surface area contributed by atoms with Gasteiger partial charge in [-0.1, -0.05) is 0 Å². The van der Waals surface area contributed by atoms with Gasteiger partial charge in [0.15, 0.2) is 0 Å². The molecule has 102 valence electrons. The minimum Gasteiger partial charge on any atom is -0.318 e. The van der Waals surface area contributed by atoms with Crippen LogP contribution < -0.4 is 10.2 Å². The summed E-state index contributed by atoms with van der Waals surface area (Å²) in [6.07, 6.45) is 2.10.